The summed E-state index contributed by atoms with van der Waals surface area (Å²) >= 11 is 0. The van der Waals surface area contributed by atoms with E-state index >= 15 is 0 Å². The molecule has 0 fully saturated rings. The molecule has 0 heterocycles. The van der Waals surface area contributed by atoms with Gasteiger partial charge in [-0.05, 0) is 31.5 Å². The third-order valence-corrected chi connectivity index (χ3v) is 4.11. The molecule has 0 saturated carbocycles. The van der Waals surface area contributed by atoms with Crippen molar-refractivity contribution in [3.63, 3.8) is 0 Å². The standard InChI is InChI=1S/C17H17N3O5/c1-11-9-14(7-8-16(11)20(24)25)17(21)18(3)12(2)13-5-4-6-15(10-13)19(22)23/h4-10,12H,1-3H3/t12-/m0/s1. The van der Waals surface area contributed by atoms with Gasteiger partial charge in [0.1, 0.15) is 0 Å². The van der Waals surface area contributed by atoms with Crippen LogP contribution in [0.1, 0.15) is 34.5 Å². The number of carbonyl (C=O) groups is 1. The van der Waals surface area contributed by atoms with Gasteiger partial charge in [-0.1, -0.05) is 12.1 Å². The Morgan fingerprint density at radius 2 is 1.76 bits per heavy atom. The summed E-state index contributed by atoms with van der Waals surface area (Å²) in [6.07, 6.45) is 0. The summed E-state index contributed by atoms with van der Waals surface area (Å²) in [6.45, 7) is 3.33. The molecule has 0 aliphatic heterocycles. The van der Waals surface area contributed by atoms with E-state index < -0.39 is 15.9 Å². The number of benzene rings is 2. The molecule has 8 nitrogen and oxygen atoms in total. The van der Waals surface area contributed by atoms with Crippen LogP contribution in [0.25, 0.3) is 0 Å². The fourth-order valence-electron chi connectivity index (χ4n) is 2.49. The Bertz CT molecular complexity index is 850. The summed E-state index contributed by atoms with van der Waals surface area (Å²) in [5.74, 6) is -0.322. The molecule has 1 atom stereocenters. The molecule has 8 heteroatoms. The van der Waals surface area contributed by atoms with Crippen LogP contribution in [-0.2, 0) is 0 Å². The second-order valence-electron chi connectivity index (χ2n) is 5.70. The van der Waals surface area contributed by atoms with Gasteiger partial charge in [-0.25, -0.2) is 0 Å². The lowest BCUT2D eigenvalue weighted by atomic mass is 10.0. The Kier molecular flexibility index (Phi) is 5.11. The molecule has 25 heavy (non-hydrogen) atoms. The minimum atomic E-state index is -0.501. The zero-order valence-electron chi connectivity index (χ0n) is 14.0. The largest absolute Gasteiger partial charge is 0.335 e. The van der Waals surface area contributed by atoms with Gasteiger partial charge in [0, 0.05) is 36.4 Å². The van der Waals surface area contributed by atoms with Crippen molar-refractivity contribution in [1.82, 2.24) is 4.90 Å². The molecule has 0 saturated heterocycles. The topological polar surface area (TPSA) is 107 Å². The van der Waals surface area contributed by atoms with Crippen LogP contribution >= 0.6 is 0 Å². The van der Waals surface area contributed by atoms with E-state index in [-0.39, 0.29) is 17.3 Å². The lowest BCUT2D eigenvalue weighted by molar-refractivity contribution is -0.385. The van der Waals surface area contributed by atoms with Gasteiger partial charge >= 0.3 is 0 Å². The van der Waals surface area contributed by atoms with Gasteiger partial charge in [0.15, 0.2) is 0 Å². The van der Waals surface area contributed by atoms with Crippen molar-refractivity contribution in [3.05, 3.63) is 79.4 Å². The van der Waals surface area contributed by atoms with Gasteiger partial charge in [0.25, 0.3) is 17.3 Å². The van der Waals surface area contributed by atoms with E-state index in [0.29, 0.717) is 16.7 Å². The van der Waals surface area contributed by atoms with Gasteiger partial charge in [-0.2, -0.15) is 0 Å². The first-order valence-corrected chi connectivity index (χ1v) is 7.49. The van der Waals surface area contributed by atoms with Crippen molar-refractivity contribution >= 4 is 17.3 Å². The van der Waals surface area contributed by atoms with Crippen molar-refractivity contribution in [2.24, 2.45) is 0 Å². The third kappa shape index (κ3) is 3.79. The number of hydrogen-bond donors (Lipinski definition) is 0. The number of carbonyl (C=O) groups excluding carboxylic acids is 1. The highest BCUT2D eigenvalue weighted by molar-refractivity contribution is 5.94. The van der Waals surface area contributed by atoms with Crippen LogP contribution in [0.3, 0.4) is 0 Å². The Balaban J connectivity index is 2.27. The van der Waals surface area contributed by atoms with E-state index in [9.17, 15) is 25.0 Å². The number of rotatable bonds is 5. The molecule has 2 aromatic carbocycles. The SMILES string of the molecule is Cc1cc(C(=O)N(C)[C@@H](C)c2cccc([N+](=O)[O-])c2)ccc1[N+](=O)[O-]. The predicted octanol–water partition coefficient (Wildman–Crippen LogP) is 3.64. The lowest BCUT2D eigenvalue weighted by Gasteiger charge is -2.25. The third-order valence-electron chi connectivity index (χ3n) is 4.11. The molecular formula is C17H17N3O5. The Morgan fingerprint density at radius 1 is 1.08 bits per heavy atom. The molecule has 0 aromatic heterocycles. The van der Waals surface area contributed by atoms with E-state index in [4.69, 9.17) is 0 Å². The van der Waals surface area contributed by atoms with Gasteiger partial charge < -0.3 is 4.90 Å². The molecule has 0 spiro atoms. The summed E-state index contributed by atoms with van der Waals surface area (Å²) in [6, 6.07) is 9.87. The molecule has 0 unspecified atom stereocenters. The minimum Gasteiger partial charge on any atom is -0.335 e. The van der Waals surface area contributed by atoms with Crippen molar-refractivity contribution < 1.29 is 14.6 Å². The Morgan fingerprint density at radius 3 is 2.32 bits per heavy atom. The number of nitro benzene ring substituents is 2. The highest BCUT2D eigenvalue weighted by Gasteiger charge is 2.22. The lowest BCUT2D eigenvalue weighted by Crippen LogP contribution is -2.29. The number of amides is 1. The number of nitro groups is 2. The fourth-order valence-corrected chi connectivity index (χ4v) is 2.49. The molecule has 0 radical (unpaired) electrons. The first-order valence-electron chi connectivity index (χ1n) is 7.49. The maximum absolute atomic E-state index is 12.6. The summed E-state index contributed by atoms with van der Waals surface area (Å²) in [4.78, 5) is 34.9. The summed E-state index contributed by atoms with van der Waals surface area (Å²) in [5, 5.41) is 21.8. The highest BCUT2D eigenvalue weighted by Crippen LogP contribution is 2.25. The molecule has 0 aliphatic carbocycles. The summed E-state index contributed by atoms with van der Waals surface area (Å²) in [7, 11) is 1.59. The molecule has 0 aliphatic rings. The predicted molar refractivity (Wildman–Crippen MR) is 91.4 cm³/mol. The molecule has 2 aromatic rings. The number of aryl methyl sites for hydroxylation is 1. The van der Waals surface area contributed by atoms with Gasteiger partial charge in [-0.15, -0.1) is 0 Å². The quantitative estimate of drug-likeness (QED) is 0.608. The Labute approximate surface area is 144 Å². The fraction of sp³-hybridized carbons (Fsp3) is 0.235. The smallest absolute Gasteiger partial charge is 0.272 e. The zero-order chi connectivity index (χ0) is 18.7. The molecule has 2 rings (SSSR count). The van der Waals surface area contributed by atoms with Crippen molar-refractivity contribution in [1.29, 1.82) is 0 Å². The molecular weight excluding hydrogens is 326 g/mol. The first kappa shape index (κ1) is 18.1. The van der Waals surface area contributed by atoms with Gasteiger partial charge in [0.05, 0.1) is 15.9 Å². The molecule has 130 valence electrons. The zero-order valence-corrected chi connectivity index (χ0v) is 14.0. The first-order chi connectivity index (χ1) is 11.7. The number of non-ortho nitro benzene ring substituents is 1. The van der Waals surface area contributed by atoms with E-state index in [1.54, 1.807) is 33.0 Å². The van der Waals surface area contributed by atoms with Gasteiger partial charge in [0.2, 0.25) is 0 Å². The maximum Gasteiger partial charge on any atom is 0.272 e. The van der Waals surface area contributed by atoms with Crippen LogP contribution in [0.15, 0.2) is 42.5 Å². The highest BCUT2D eigenvalue weighted by atomic mass is 16.6. The normalized spacial score (nSPS) is 11.6. The van der Waals surface area contributed by atoms with Gasteiger partial charge in [-0.3, -0.25) is 25.0 Å². The van der Waals surface area contributed by atoms with Crippen LogP contribution in [0.5, 0.6) is 0 Å². The second-order valence-corrected chi connectivity index (χ2v) is 5.70. The monoisotopic (exact) mass is 343 g/mol. The number of hydrogen-bond acceptors (Lipinski definition) is 5. The van der Waals surface area contributed by atoms with Crippen LogP contribution in [0.2, 0.25) is 0 Å². The molecule has 0 N–H and O–H groups in total. The number of nitrogens with zero attached hydrogens (tertiary/aromatic N) is 3. The summed E-state index contributed by atoms with van der Waals surface area (Å²) in [5.41, 5.74) is 1.25. The summed E-state index contributed by atoms with van der Waals surface area (Å²) < 4.78 is 0. The van der Waals surface area contributed by atoms with Crippen LogP contribution in [0.4, 0.5) is 11.4 Å². The van der Waals surface area contributed by atoms with Crippen LogP contribution < -0.4 is 0 Å². The Hall–Kier alpha value is -3.29. The van der Waals surface area contributed by atoms with E-state index in [0.717, 1.165) is 0 Å². The average molecular weight is 343 g/mol. The second kappa shape index (κ2) is 7.08. The van der Waals surface area contributed by atoms with Crippen molar-refractivity contribution in [3.8, 4) is 0 Å². The van der Waals surface area contributed by atoms with Crippen LogP contribution in [-0.4, -0.2) is 27.7 Å². The average Bonchev–Trinajstić information content (AvgIpc) is 2.59. The van der Waals surface area contributed by atoms with E-state index in [1.807, 2.05) is 0 Å². The van der Waals surface area contributed by atoms with Crippen LogP contribution in [0, 0.1) is 27.2 Å². The molecule has 1 amide bonds. The maximum atomic E-state index is 12.6. The van der Waals surface area contributed by atoms with Crippen molar-refractivity contribution in [2.45, 2.75) is 19.9 Å². The van der Waals surface area contributed by atoms with E-state index in [1.165, 1.54) is 35.2 Å². The molecule has 0 bridgehead atoms. The minimum absolute atomic E-state index is 0.0450. The van der Waals surface area contributed by atoms with E-state index in [2.05, 4.69) is 0 Å². The van der Waals surface area contributed by atoms with Crippen molar-refractivity contribution in [2.75, 3.05) is 7.05 Å².